The van der Waals surface area contributed by atoms with Crippen molar-refractivity contribution in [1.29, 1.82) is 0 Å². The lowest BCUT2D eigenvalue weighted by atomic mass is 10.1. The van der Waals surface area contributed by atoms with Crippen LogP contribution in [-0.2, 0) is 24.8 Å². The first-order valence-corrected chi connectivity index (χ1v) is 8.66. The maximum Gasteiger partial charge on any atom is 0.346 e. The van der Waals surface area contributed by atoms with E-state index in [-0.39, 0.29) is 18.1 Å². The van der Waals surface area contributed by atoms with E-state index in [1.54, 1.807) is 14.0 Å². The fourth-order valence-electron chi connectivity index (χ4n) is 2.42. The zero-order chi connectivity index (χ0) is 18.0. The average molecular weight is 357 g/mol. The molecule has 0 aliphatic heterocycles. The largest absolute Gasteiger partial charge is 0.346 e. The molecular formula is C17H19N5O2S. The number of amides is 1. The van der Waals surface area contributed by atoms with E-state index < -0.39 is 0 Å². The fraction of sp³-hybridized carbons (Fsp3) is 0.294. The number of rotatable bonds is 5. The molecular weight excluding hydrogens is 338 g/mol. The molecule has 2 heterocycles. The van der Waals surface area contributed by atoms with E-state index in [4.69, 9.17) is 0 Å². The van der Waals surface area contributed by atoms with Crippen LogP contribution in [-0.4, -0.2) is 25.2 Å². The van der Waals surface area contributed by atoms with Gasteiger partial charge in [-0.25, -0.2) is 14.5 Å². The second-order valence-electron chi connectivity index (χ2n) is 5.78. The molecule has 7 nitrogen and oxygen atoms in total. The van der Waals surface area contributed by atoms with Gasteiger partial charge in [-0.2, -0.15) is 5.10 Å². The number of thiazole rings is 1. The number of carbonyl (C=O) groups is 1. The summed E-state index contributed by atoms with van der Waals surface area (Å²) in [6.07, 6.45) is 0.777. The van der Waals surface area contributed by atoms with E-state index in [1.165, 1.54) is 21.5 Å². The first-order chi connectivity index (χ1) is 11.9. The first-order valence-electron chi connectivity index (χ1n) is 7.84. The predicted octanol–water partition coefficient (Wildman–Crippen LogP) is 1.88. The summed E-state index contributed by atoms with van der Waals surface area (Å²) >= 11 is 1.45. The molecule has 3 rings (SSSR count). The third kappa shape index (κ3) is 3.85. The van der Waals surface area contributed by atoms with Crippen LogP contribution in [0.3, 0.4) is 0 Å². The molecule has 130 valence electrons. The van der Waals surface area contributed by atoms with Crippen LogP contribution < -0.4 is 11.0 Å². The molecule has 0 spiro atoms. The fourth-order valence-corrected chi connectivity index (χ4v) is 3.43. The van der Waals surface area contributed by atoms with E-state index in [2.05, 4.69) is 27.5 Å². The standard InChI is InChI=1S/C17H19N5O2S/c1-11-14(9-13-7-5-4-6-8-13)25-16(18-11)19-15(23)10-22-17(24)21(3)12(2)20-22/h4-8H,9-10H2,1-3H3,(H,18,19,23). The Morgan fingerprint density at radius 1 is 1.24 bits per heavy atom. The maximum absolute atomic E-state index is 12.2. The quantitative estimate of drug-likeness (QED) is 0.756. The van der Waals surface area contributed by atoms with E-state index >= 15 is 0 Å². The zero-order valence-electron chi connectivity index (χ0n) is 14.3. The van der Waals surface area contributed by atoms with E-state index in [1.807, 2.05) is 25.1 Å². The van der Waals surface area contributed by atoms with Crippen LogP contribution >= 0.6 is 11.3 Å². The van der Waals surface area contributed by atoms with Crippen molar-refractivity contribution < 1.29 is 4.79 Å². The molecule has 0 radical (unpaired) electrons. The molecule has 3 aromatic rings. The molecule has 0 fully saturated rings. The number of hydrogen-bond donors (Lipinski definition) is 1. The van der Waals surface area contributed by atoms with Crippen molar-refractivity contribution in [3.63, 3.8) is 0 Å². The van der Waals surface area contributed by atoms with Crippen LogP contribution in [0.2, 0.25) is 0 Å². The molecule has 0 unspecified atom stereocenters. The summed E-state index contributed by atoms with van der Waals surface area (Å²) in [5, 5.41) is 7.35. The Morgan fingerprint density at radius 3 is 2.60 bits per heavy atom. The lowest BCUT2D eigenvalue weighted by Crippen LogP contribution is -2.29. The van der Waals surface area contributed by atoms with E-state index in [9.17, 15) is 9.59 Å². The summed E-state index contributed by atoms with van der Waals surface area (Å²) in [5.41, 5.74) is 1.78. The highest BCUT2D eigenvalue weighted by Crippen LogP contribution is 2.25. The van der Waals surface area contributed by atoms with Crippen molar-refractivity contribution in [2.75, 3.05) is 5.32 Å². The smallest absolute Gasteiger partial charge is 0.300 e. The molecule has 1 N–H and O–H groups in total. The van der Waals surface area contributed by atoms with Gasteiger partial charge in [0.25, 0.3) is 0 Å². The van der Waals surface area contributed by atoms with Crippen LogP contribution in [0, 0.1) is 13.8 Å². The van der Waals surface area contributed by atoms with Gasteiger partial charge in [0.05, 0.1) is 5.69 Å². The number of hydrogen-bond acceptors (Lipinski definition) is 5. The van der Waals surface area contributed by atoms with Gasteiger partial charge in [-0.15, -0.1) is 11.3 Å². The molecule has 8 heteroatoms. The minimum Gasteiger partial charge on any atom is -0.300 e. The Morgan fingerprint density at radius 2 is 1.96 bits per heavy atom. The minimum atomic E-state index is -0.319. The van der Waals surface area contributed by atoms with Gasteiger partial charge < -0.3 is 5.32 Å². The molecule has 1 aromatic carbocycles. The summed E-state index contributed by atoms with van der Waals surface area (Å²) in [4.78, 5) is 29.6. The number of nitrogens with one attached hydrogen (secondary N) is 1. The number of aryl methyl sites for hydroxylation is 2. The SMILES string of the molecule is Cc1nc(NC(=O)Cn2nc(C)n(C)c2=O)sc1Cc1ccccc1. The third-order valence-corrected chi connectivity index (χ3v) is 4.97. The minimum absolute atomic E-state index is 0.132. The second-order valence-corrected chi connectivity index (χ2v) is 6.87. The van der Waals surface area contributed by atoms with Crippen LogP contribution in [0.15, 0.2) is 35.1 Å². The molecule has 25 heavy (non-hydrogen) atoms. The molecule has 1 amide bonds. The van der Waals surface area contributed by atoms with E-state index in [0.29, 0.717) is 11.0 Å². The summed E-state index contributed by atoms with van der Waals surface area (Å²) in [5.74, 6) is 0.244. The highest BCUT2D eigenvalue weighted by atomic mass is 32.1. The summed E-state index contributed by atoms with van der Waals surface area (Å²) in [6, 6.07) is 10.1. The van der Waals surface area contributed by atoms with Crippen LogP contribution in [0.1, 0.15) is 22.0 Å². The highest BCUT2D eigenvalue weighted by Gasteiger charge is 2.14. The molecule has 0 saturated heterocycles. The third-order valence-electron chi connectivity index (χ3n) is 3.90. The number of nitrogens with zero attached hydrogens (tertiary/aromatic N) is 4. The molecule has 0 aliphatic rings. The number of anilines is 1. The first kappa shape index (κ1) is 17.1. The van der Waals surface area contributed by atoms with Crippen molar-refractivity contribution in [3.05, 3.63) is 62.8 Å². The average Bonchev–Trinajstić information content (AvgIpc) is 3.03. The lowest BCUT2D eigenvalue weighted by molar-refractivity contribution is -0.117. The van der Waals surface area contributed by atoms with Gasteiger partial charge in [-0.3, -0.25) is 9.36 Å². The Balaban J connectivity index is 1.68. The van der Waals surface area contributed by atoms with Crippen molar-refractivity contribution in [1.82, 2.24) is 19.3 Å². The van der Waals surface area contributed by atoms with Crippen LogP contribution in [0.25, 0.3) is 0 Å². The summed E-state index contributed by atoms with van der Waals surface area (Å²) in [7, 11) is 1.62. The van der Waals surface area contributed by atoms with Crippen molar-refractivity contribution in [2.45, 2.75) is 26.8 Å². The lowest BCUT2D eigenvalue weighted by Gasteiger charge is -2.00. The Kier molecular flexibility index (Phi) is 4.80. The van der Waals surface area contributed by atoms with Gasteiger partial charge in [0.2, 0.25) is 5.91 Å². The summed E-state index contributed by atoms with van der Waals surface area (Å²) < 4.78 is 2.55. The van der Waals surface area contributed by atoms with Crippen molar-refractivity contribution in [3.8, 4) is 0 Å². The van der Waals surface area contributed by atoms with Gasteiger partial charge in [-0.05, 0) is 19.4 Å². The Bertz CT molecular complexity index is 955. The van der Waals surface area contributed by atoms with Gasteiger partial charge in [-0.1, -0.05) is 30.3 Å². The Hall–Kier alpha value is -2.74. The van der Waals surface area contributed by atoms with E-state index in [0.717, 1.165) is 21.7 Å². The topological polar surface area (TPSA) is 81.8 Å². The predicted molar refractivity (Wildman–Crippen MR) is 96.9 cm³/mol. The maximum atomic E-state index is 12.2. The number of aromatic nitrogens is 4. The van der Waals surface area contributed by atoms with Gasteiger partial charge in [0.15, 0.2) is 5.13 Å². The normalized spacial score (nSPS) is 10.8. The molecule has 0 saturated carbocycles. The zero-order valence-corrected chi connectivity index (χ0v) is 15.1. The van der Waals surface area contributed by atoms with Crippen LogP contribution in [0.4, 0.5) is 5.13 Å². The monoisotopic (exact) mass is 357 g/mol. The van der Waals surface area contributed by atoms with Crippen molar-refractivity contribution in [2.24, 2.45) is 7.05 Å². The molecule has 0 bridgehead atoms. The van der Waals surface area contributed by atoms with Gasteiger partial charge >= 0.3 is 5.69 Å². The molecule has 2 aromatic heterocycles. The summed E-state index contributed by atoms with van der Waals surface area (Å²) in [6.45, 7) is 3.51. The van der Waals surface area contributed by atoms with Crippen molar-refractivity contribution >= 4 is 22.4 Å². The van der Waals surface area contributed by atoms with Gasteiger partial charge in [0, 0.05) is 18.3 Å². The molecule has 0 aliphatic carbocycles. The van der Waals surface area contributed by atoms with Crippen LogP contribution in [0.5, 0.6) is 0 Å². The van der Waals surface area contributed by atoms with Gasteiger partial charge in [0.1, 0.15) is 12.4 Å². The Labute approximate surface area is 149 Å². The highest BCUT2D eigenvalue weighted by molar-refractivity contribution is 7.15. The second kappa shape index (κ2) is 7.02. The molecule has 0 atom stereocenters. The number of carbonyl (C=O) groups excluding carboxylic acids is 1. The number of benzene rings is 1.